The minimum Gasteiger partial charge on any atom is -0.443 e. The number of thiazole rings is 1. The van der Waals surface area contributed by atoms with Crippen LogP contribution in [0.3, 0.4) is 0 Å². The van der Waals surface area contributed by atoms with Crippen LogP contribution in [0.25, 0.3) is 0 Å². The van der Waals surface area contributed by atoms with Gasteiger partial charge in [0.25, 0.3) is 0 Å². The molecule has 0 aliphatic heterocycles. The average Bonchev–Trinajstić information content (AvgIpc) is 2.42. The average molecular weight is 257 g/mol. The second kappa shape index (κ2) is 5.46. The highest BCUT2D eigenvalue weighted by atomic mass is 32.1. The third kappa shape index (κ3) is 5.14. The minimum absolute atomic E-state index is 0.476. The van der Waals surface area contributed by atoms with E-state index in [2.05, 4.69) is 15.8 Å². The van der Waals surface area contributed by atoms with Crippen LogP contribution in [0, 0.1) is 13.8 Å². The van der Waals surface area contributed by atoms with Crippen LogP contribution in [0.1, 0.15) is 36.3 Å². The molecule has 0 saturated heterocycles. The molecule has 0 aliphatic carbocycles. The van der Waals surface area contributed by atoms with Gasteiger partial charge in [-0.25, -0.2) is 15.2 Å². The van der Waals surface area contributed by atoms with Crippen LogP contribution in [0.2, 0.25) is 0 Å². The minimum atomic E-state index is -0.483. The van der Waals surface area contributed by atoms with Crippen LogP contribution < -0.4 is 10.9 Å². The summed E-state index contributed by atoms with van der Waals surface area (Å²) in [5, 5.41) is 1.02. The molecule has 1 amide bonds. The summed E-state index contributed by atoms with van der Waals surface area (Å²) >= 11 is 1.61. The van der Waals surface area contributed by atoms with Crippen LogP contribution in [0.15, 0.2) is 0 Å². The number of hydrogen-bond acceptors (Lipinski definition) is 5. The molecule has 1 aromatic heterocycles. The summed E-state index contributed by atoms with van der Waals surface area (Å²) in [5.74, 6) is 0. The molecule has 96 valence electrons. The van der Waals surface area contributed by atoms with Crippen molar-refractivity contribution in [2.24, 2.45) is 0 Å². The number of carbonyl (C=O) groups excluding carboxylic acids is 1. The lowest BCUT2D eigenvalue weighted by Gasteiger charge is -2.19. The third-order valence-electron chi connectivity index (χ3n) is 1.84. The Kier molecular flexibility index (Phi) is 4.47. The molecule has 0 bridgehead atoms. The Hall–Kier alpha value is -1.14. The highest BCUT2D eigenvalue weighted by molar-refractivity contribution is 7.11. The molecule has 0 saturated carbocycles. The highest BCUT2D eigenvalue weighted by Crippen LogP contribution is 2.16. The van der Waals surface area contributed by atoms with Crippen molar-refractivity contribution in [1.29, 1.82) is 0 Å². The van der Waals surface area contributed by atoms with E-state index in [4.69, 9.17) is 4.74 Å². The van der Waals surface area contributed by atoms with Crippen LogP contribution in [0.5, 0.6) is 0 Å². The van der Waals surface area contributed by atoms with E-state index in [0.717, 1.165) is 15.6 Å². The molecule has 1 rings (SSSR count). The van der Waals surface area contributed by atoms with Crippen LogP contribution >= 0.6 is 11.3 Å². The summed E-state index contributed by atoms with van der Waals surface area (Å²) in [4.78, 5) is 16.7. The monoisotopic (exact) mass is 257 g/mol. The van der Waals surface area contributed by atoms with Crippen molar-refractivity contribution in [2.75, 3.05) is 0 Å². The Labute approximate surface area is 106 Å². The summed E-state index contributed by atoms with van der Waals surface area (Å²) < 4.78 is 5.09. The molecule has 17 heavy (non-hydrogen) atoms. The summed E-state index contributed by atoms with van der Waals surface area (Å²) in [6.45, 7) is 9.93. The van der Waals surface area contributed by atoms with Gasteiger partial charge < -0.3 is 4.74 Å². The fourth-order valence-electron chi connectivity index (χ4n) is 1.24. The maximum Gasteiger partial charge on any atom is 0.422 e. The van der Waals surface area contributed by atoms with Crippen molar-refractivity contribution in [1.82, 2.24) is 15.8 Å². The topological polar surface area (TPSA) is 63.2 Å². The van der Waals surface area contributed by atoms with E-state index in [1.807, 2.05) is 34.6 Å². The summed E-state index contributed by atoms with van der Waals surface area (Å²) in [7, 11) is 0. The van der Waals surface area contributed by atoms with Crippen molar-refractivity contribution in [3.63, 3.8) is 0 Å². The van der Waals surface area contributed by atoms with Crippen molar-refractivity contribution in [3.8, 4) is 0 Å². The van der Waals surface area contributed by atoms with E-state index in [1.54, 1.807) is 11.3 Å². The second-order valence-electron chi connectivity index (χ2n) is 4.72. The lowest BCUT2D eigenvalue weighted by molar-refractivity contribution is 0.0497. The van der Waals surface area contributed by atoms with E-state index in [0.29, 0.717) is 6.54 Å². The van der Waals surface area contributed by atoms with E-state index in [9.17, 15) is 4.79 Å². The molecule has 5 nitrogen and oxygen atoms in total. The maximum atomic E-state index is 11.3. The molecule has 0 aliphatic rings. The van der Waals surface area contributed by atoms with E-state index >= 15 is 0 Å². The van der Waals surface area contributed by atoms with Gasteiger partial charge in [0.2, 0.25) is 0 Å². The van der Waals surface area contributed by atoms with Crippen LogP contribution in [-0.2, 0) is 11.3 Å². The fourth-order valence-corrected chi connectivity index (χ4v) is 2.11. The number of amides is 1. The standard InChI is InChI=1S/C11H19N3O2S/c1-7-9(17-8(2)13-7)6-12-14-10(15)16-11(3,4)5/h12H,6H2,1-5H3,(H,14,15). The van der Waals surface area contributed by atoms with Crippen LogP contribution in [-0.4, -0.2) is 16.7 Å². The second-order valence-corrected chi connectivity index (χ2v) is 6.01. The number of aromatic nitrogens is 1. The number of nitrogens with one attached hydrogen (secondary N) is 2. The lowest BCUT2D eigenvalue weighted by Crippen LogP contribution is -2.40. The number of aryl methyl sites for hydroxylation is 2. The zero-order chi connectivity index (χ0) is 13.1. The fraction of sp³-hybridized carbons (Fsp3) is 0.636. The van der Waals surface area contributed by atoms with Gasteiger partial charge in [0.05, 0.1) is 17.2 Å². The lowest BCUT2D eigenvalue weighted by atomic mass is 10.2. The maximum absolute atomic E-state index is 11.3. The molecular weight excluding hydrogens is 238 g/mol. The predicted molar refractivity (Wildman–Crippen MR) is 67.8 cm³/mol. The zero-order valence-electron chi connectivity index (χ0n) is 10.9. The Morgan fingerprint density at radius 1 is 1.41 bits per heavy atom. The summed E-state index contributed by atoms with van der Waals surface area (Å²) in [5.41, 5.74) is 5.82. The largest absolute Gasteiger partial charge is 0.443 e. The highest BCUT2D eigenvalue weighted by Gasteiger charge is 2.15. The molecule has 0 radical (unpaired) electrons. The number of carbonyl (C=O) groups is 1. The molecular formula is C11H19N3O2S. The molecule has 0 aromatic carbocycles. The van der Waals surface area contributed by atoms with Gasteiger partial charge in [-0.2, -0.15) is 0 Å². The zero-order valence-corrected chi connectivity index (χ0v) is 11.7. The Morgan fingerprint density at radius 2 is 2.06 bits per heavy atom. The Morgan fingerprint density at radius 3 is 2.53 bits per heavy atom. The predicted octanol–water partition coefficient (Wildman–Crippen LogP) is 2.29. The first-order valence-corrected chi connectivity index (χ1v) is 6.24. The first-order chi connectivity index (χ1) is 7.78. The molecule has 1 heterocycles. The quantitative estimate of drug-likeness (QED) is 0.815. The van der Waals surface area contributed by atoms with Crippen LogP contribution in [0.4, 0.5) is 4.79 Å². The van der Waals surface area contributed by atoms with Gasteiger partial charge in [0.1, 0.15) is 5.60 Å². The molecule has 0 spiro atoms. The van der Waals surface area contributed by atoms with Gasteiger partial charge in [-0.3, -0.25) is 5.43 Å². The van der Waals surface area contributed by atoms with E-state index in [-0.39, 0.29) is 0 Å². The molecule has 2 N–H and O–H groups in total. The number of ether oxygens (including phenoxy) is 1. The third-order valence-corrected chi connectivity index (χ3v) is 2.91. The van der Waals surface area contributed by atoms with Crippen molar-refractivity contribution in [3.05, 3.63) is 15.6 Å². The molecule has 0 atom stereocenters. The first kappa shape index (κ1) is 13.9. The van der Waals surface area contributed by atoms with Crippen molar-refractivity contribution in [2.45, 2.75) is 46.8 Å². The first-order valence-electron chi connectivity index (χ1n) is 5.42. The molecule has 1 aromatic rings. The van der Waals surface area contributed by atoms with Gasteiger partial charge in [-0.1, -0.05) is 0 Å². The van der Waals surface area contributed by atoms with Gasteiger partial charge in [0, 0.05) is 4.88 Å². The van der Waals surface area contributed by atoms with E-state index < -0.39 is 11.7 Å². The normalized spacial score (nSPS) is 11.4. The van der Waals surface area contributed by atoms with Crippen molar-refractivity contribution >= 4 is 17.4 Å². The number of rotatable bonds is 3. The SMILES string of the molecule is Cc1nc(C)c(CNNC(=O)OC(C)(C)C)s1. The number of hydrazine groups is 1. The number of nitrogens with zero attached hydrogens (tertiary/aromatic N) is 1. The van der Waals surface area contributed by atoms with Gasteiger partial charge in [-0.05, 0) is 34.6 Å². The smallest absolute Gasteiger partial charge is 0.422 e. The summed E-state index contributed by atoms with van der Waals surface area (Å²) in [6.07, 6.45) is -0.476. The Balaban J connectivity index is 2.33. The van der Waals surface area contributed by atoms with Gasteiger partial charge in [0.15, 0.2) is 0 Å². The summed E-state index contributed by atoms with van der Waals surface area (Å²) in [6, 6.07) is 0. The van der Waals surface area contributed by atoms with Gasteiger partial charge in [-0.15, -0.1) is 11.3 Å². The molecule has 0 fully saturated rings. The van der Waals surface area contributed by atoms with Crippen molar-refractivity contribution < 1.29 is 9.53 Å². The Bertz CT molecular complexity index is 396. The van der Waals surface area contributed by atoms with E-state index in [1.165, 1.54) is 0 Å². The molecule has 0 unspecified atom stereocenters. The number of hydrogen-bond donors (Lipinski definition) is 2. The van der Waals surface area contributed by atoms with Gasteiger partial charge >= 0.3 is 6.09 Å². The molecule has 6 heteroatoms.